The third kappa shape index (κ3) is 4.85. The van der Waals surface area contributed by atoms with E-state index in [1.807, 2.05) is 26.0 Å². The molecule has 180 valence electrons. The molecule has 3 heterocycles. The van der Waals surface area contributed by atoms with Gasteiger partial charge in [-0.15, -0.1) is 13.2 Å². The van der Waals surface area contributed by atoms with Gasteiger partial charge in [-0.1, -0.05) is 37.6 Å². The second kappa shape index (κ2) is 9.42. The van der Waals surface area contributed by atoms with E-state index >= 15 is 0 Å². The van der Waals surface area contributed by atoms with Gasteiger partial charge in [0.25, 0.3) is 0 Å². The van der Waals surface area contributed by atoms with Crippen molar-refractivity contribution in [2.24, 2.45) is 0 Å². The molecule has 0 amide bonds. The Bertz CT molecular complexity index is 1570. The van der Waals surface area contributed by atoms with E-state index in [2.05, 4.69) is 19.8 Å². The average Bonchev–Trinajstić information content (AvgIpc) is 3.27. The monoisotopic (exact) mass is 500 g/mol. The molecule has 0 fully saturated rings. The van der Waals surface area contributed by atoms with Gasteiger partial charge in [-0.25, -0.2) is 9.50 Å². The second-order valence-corrected chi connectivity index (χ2v) is 7.71. The maximum atomic E-state index is 12.8. The summed E-state index contributed by atoms with van der Waals surface area (Å²) in [7, 11) is 0. The van der Waals surface area contributed by atoms with Gasteiger partial charge >= 0.3 is 6.36 Å². The maximum Gasteiger partial charge on any atom is 0.573 e. The number of aromatic nitrogens is 4. The second-order valence-electron chi connectivity index (χ2n) is 7.35. The van der Waals surface area contributed by atoms with Crippen LogP contribution in [0.2, 0.25) is 5.15 Å². The lowest BCUT2D eigenvalue weighted by Crippen LogP contribution is -2.16. The first-order valence-corrected chi connectivity index (χ1v) is 11.1. The molecule has 0 atom stereocenters. The molecule has 0 aliphatic heterocycles. The number of nitrogens with one attached hydrogen (secondary N) is 1. The smallest absolute Gasteiger partial charge is 0.406 e. The number of hydrogen-bond acceptors (Lipinski definition) is 4. The van der Waals surface area contributed by atoms with E-state index < -0.39 is 6.36 Å². The Morgan fingerprint density at radius 3 is 2.40 bits per heavy atom. The lowest BCUT2D eigenvalue weighted by molar-refractivity contribution is -0.274. The van der Waals surface area contributed by atoms with E-state index in [1.54, 1.807) is 31.3 Å². The minimum absolute atomic E-state index is 0.0949. The highest BCUT2D eigenvalue weighted by atomic mass is 35.5. The highest BCUT2D eigenvalue weighted by Crippen LogP contribution is 2.29. The maximum absolute atomic E-state index is 12.8. The summed E-state index contributed by atoms with van der Waals surface area (Å²) >= 11 is 6.38. The van der Waals surface area contributed by atoms with Crippen LogP contribution in [0.5, 0.6) is 5.75 Å². The van der Waals surface area contributed by atoms with Crippen LogP contribution in [0.15, 0.2) is 65.6 Å². The zero-order valence-electron chi connectivity index (χ0n) is 18.9. The Hall–Kier alpha value is -3.85. The Morgan fingerprint density at radius 2 is 1.71 bits per heavy atom. The standard InChI is InChI=1S/C23H14ClF3N4O2.C2H6/c1-12-20(28-16-5-3-2-4-15(16)21(12)32)17-10-19-22(24)29-18(11-31(19)30-17)13-6-8-14(9-7-13)33-23(25,26)27;1-2/h2-11H,1H3,(H,28,32);1-2H3. The van der Waals surface area contributed by atoms with E-state index in [9.17, 15) is 18.0 Å². The minimum atomic E-state index is -4.77. The highest BCUT2D eigenvalue weighted by molar-refractivity contribution is 6.32. The number of alkyl halides is 3. The van der Waals surface area contributed by atoms with Crippen LogP contribution in [-0.4, -0.2) is 25.9 Å². The number of hydrogen-bond donors (Lipinski definition) is 1. The first-order chi connectivity index (χ1) is 16.7. The fourth-order valence-corrected chi connectivity index (χ4v) is 3.87. The number of fused-ring (bicyclic) bond motifs is 2. The summed E-state index contributed by atoms with van der Waals surface area (Å²) in [5, 5.41) is 5.29. The number of nitrogens with zero attached hydrogens (tertiary/aromatic N) is 3. The summed E-state index contributed by atoms with van der Waals surface area (Å²) in [6.07, 6.45) is -3.16. The molecule has 2 aromatic carbocycles. The molecule has 0 bridgehead atoms. The van der Waals surface area contributed by atoms with E-state index in [-0.39, 0.29) is 16.3 Å². The molecule has 0 saturated carbocycles. The van der Waals surface area contributed by atoms with Crippen molar-refractivity contribution in [1.29, 1.82) is 0 Å². The van der Waals surface area contributed by atoms with Crippen molar-refractivity contribution in [1.82, 2.24) is 19.6 Å². The van der Waals surface area contributed by atoms with Crippen LogP contribution in [0, 0.1) is 6.92 Å². The van der Waals surface area contributed by atoms with Crippen LogP contribution in [0.1, 0.15) is 19.4 Å². The summed E-state index contributed by atoms with van der Waals surface area (Å²) in [6.45, 7) is 5.72. The molecule has 10 heteroatoms. The van der Waals surface area contributed by atoms with E-state index in [1.165, 1.54) is 28.8 Å². The lowest BCUT2D eigenvalue weighted by atomic mass is 10.1. The number of pyridine rings is 1. The van der Waals surface area contributed by atoms with E-state index in [0.717, 1.165) is 0 Å². The Balaban J connectivity index is 0.00000141. The molecule has 0 aliphatic rings. The van der Waals surface area contributed by atoms with E-state index in [0.29, 0.717) is 44.6 Å². The molecule has 35 heavy (non-hydrogen) atoms. The van der Waals surface area contributed by atoms with Crippen LogP contribution in [0.3, 0.4) is 0 Å². The largest absolute Gasteiger partial charge is 0.573 e. The van der Waals surface area contributed by atoms with Crippen molar-refractivity contribution >= 4 is 28.0 Å². The number of benzene rings is 2. The zero-order chi connectivity index (χ0) is 25.3. The minimum Gasteiger partial charge on any atom is -0.406 e. The molecule has 5 rings (SSSR count). The summed E-state index contributed by atoms with van der Waals surface area (Å²) in [6, 6.07) is 14.2. The Kier molecular flexibility index (Phi) is 6.53. The van der Waals surface area contributed by atoms with E-state index in [4.69, 9.17) is 11.6 Å². The van der Waals surface area contributed by atoms with Crippen LogP contribution in [0.25, 0.3) is 39.1 Å². The molecular weight excluding hydrogens is 481 g/mol. The molecule has 0 radical (unpaired) electrons. The topological polar surface area (TPSA) is 72.3 Å². The summed E-state index contributed by atoms with van der Waals surface area (Å²) in [5.41, 5.74) is 3.63. The van der Waals surface area contributed by atoms with Gasteiger partial charge in [0, 0.05) is 22.0 Å². The van der Waals surface area contributed by atoms with Crippen LogP contribution < -0.4 is 10.2 Å². The van der Waals surface area contributed by atoms with Crippen LogP contribution in [0.4, 0.5) is 13.2 Å². The van der Waals surface area contributed by atoms with Gasteiger partial charge in [0.2, 0.25) is 0 Å². The third-order valence-corrected chi connectivity index (χ3v) is 5.48. The summed E-state index contributed by atoms with van der Waals surface area (Å²) in [5.74, 6) is -0.337. The van der Waals surface area contributed by atoms with Crippen molar-refractivity contribution in [2.75, 3.05) is 0 Å². The van der Waals surface area contributed by atoms with Gasteiger partial charge in [-0.2, -0.15) is 5.10 Å². The SMILES string of the molecule is CC.Cc1c(-c2cc3c(Cl)nc(-c4ccc(OC(F)(F)F)cc4)cn3n2)[nH]c2ccccc2c1=O. The molecular formula is C25H20ClF3N4O2. The number of rotatable bonds is 3. The first-order valence-electron chi connectivity index (χ1n) is 10.7. The average molecular weight is 501 g/mol. The van der Waals surface area contributed by atoms with Crippen molar-refractivity contribution in [2.45, 2.75) is 27.1 Å². The summed E-state index contributed by atoms with van der Waals surface area (Å²) < 4.78 is 42.6. The first kappa shape index (κ1) is 24.3. The van der Waals surface area contributed by atoms with Crippen LogP contribution in [-0.2, 0) is 0 Å². The van der Waals surface area contributed by atoms with Gasteiger partial charge in [0.1, 0.15) is 17.0 Å². The number of para-hydroxylation sites is 1. The van der Waals surface area contributed by atoms with Crippen LogP contribution >= 0.6 is 11.6 Å². The fraction of sp³-hybridized carbons (Fsp3) is 0.160. The molecule has 0 aliphatic carbocycles. The van der Waals surface area contributed by atoms with Crippen molar-refractivity contribution in [3.05, 3.63) is 81.7 Å². The molecule has 3 aromatic heterocycles. The normalized spacial score (nSPS) is 11.4. The molecule has 0 unspecified atom stereocenters. The van der Waals surface area contributed by atoms with Crippen molar-refractivity contribution in [3.63, 3.8) is 0 Å². The van der Waals surface area contributed by atoms with Gasteiger partial charge in [-0.05, 0) is 49.4 Å². The predicted molar refractivity (Wildman–Crippen MR) is 130 cm³/mol. The number of halogens is 4. The molecule has 5 aromatic rings. The molecule has 0 spiro atoms. The summed E-state index contributed by atoms with van der Waals surface area (Å²) in [4.78, 5) is 20.4. The zero-order valence-corrected chi connectivity index (χ0v) is 19.7. The highest BCUT2D eigenvalue weighted by Gasteiger charge is 2.31. The van der Waals surface area contributed by atoms with Crippen molar-refractivity contribution in [3.8, 4) is 28.4 Å². The van der Waals surface area contributed by atoms with Gasteiger partial charge in [0.15, 0.2) is 10.6 Å². The number of aromatic amines is 1. The Labute approximate surface area is 203 Å². The van der Waals surface area contributed by atoms with Gasteiger partial charge in [-0.3, -0.25) is 4.79 Å². The third-order valence-electron chi connectivity index (χ3n) is 5.20. The number of ether oxygens (including phenoxy) is 1. The van der Waals surface area contributed by atoms with Crippen molar-refractivity contribution < 1.29 is 17.9 Å². The predicted octanol–water partition coefficient (Wildman–Crippen LogP) is 6.79. The number of H-pyrrole nitrogens is 1. The molecule has 0 saturated heterocycles. The molecule has 6 nitrogen and oxygen atoms in total. The fourth-order valence-electron chi connectivity index (χ4n) is 3.63. The van der Waals surface area contributed by atoms with Gasteiger partial charge in [0.05, 0.1) is 17.6 Å². The quantitative estimate of drug-likeness (QED) is 0.296. The molecule has 1 N–H and O–H groups in total. The lowest BCUT2D eigenvalue weighted by Gasteiger charge is -2.09. The van der Waals surface area contributed by atoms with Gasteiger partial charge < -0.3 is 9.72 Å². The Morgan fingerprint density at radius 1 is 1.03 bits per heavy atom.